The van der Waals surface area contributed by atoms with Crippen LogP contribution in [0.1, 0.15) is 33.6 Å². The Hall–Kier alpha value is -0.480. The lowest BCUT2D eigenvalue weighted by atomic mass is 9.94. The maximum atomic E-state index is 11.8. The molecule has 2 amide bonds. The Bertz CT molecular complexity index is 319. The number of rotatable bonds is 2. The van der Waals surface area contributed by atoms with Gasteiger partial charge in [0, 0.05) is 24.5 Å². The highest BCUT2D eigenvalue weighted by Crippen LogP contribution is 2.18. The second-order valence-corrected chi connectivity index (χ2v) is 6.72. The molecule has 6 heteroatoms. The summed E-state index contributed by atoms with van der Waals surface area (Å²) in [4.78, 5) is 24.0. The number of halogens is 2. The predicted octanol–water partition coefficient (Wildman–Crippen LogP) is 1.94. The molecule has 0 bridgehead atoms. The lowest BCUT2D eigenvalue weighted by molar-refractivity contribution is -0.131. The number of alkyl halides is 2. The van der Waals surface area contributed by atoms with Gasteiger partial charge in [0.1, 0.15) is 0 Å². The summed E-state index contributed by atoms with van der Waals surface area (Å²) in [6, 6.07) is 0.130. The Morgan fingerprint density at radius 1 is 1.22 bits per heavy atom. The molecule has 0 aromatic carbocycles. The Kier molecular flexibility index (Phi) is 5.29. The number of piperidine rings is 1. The van der Waals surface area contributed by atoms with Gasteiger partial charge < -0.3 is 10.2 Å². The lowest BCUT2D eigenvalue weighted by Crippen LogP contribution is -2.49. The average Bonchev–Trinajstić information content (AvgIpc) is 2.27. The fourth-order valence-corrected chi connectivity index (χ4v) is 2.06. The standard InChI is InChI=1S/C12H20Cl2N2O2/c1-12(2,3)11(18)15-8-4-6-16(7-5-8)10(17)9(13)14/h8-9H,4-7H2,1-3H3,(H,15,18). The Balaban J connectivity index is 2.41. The number of hydrogen-bond donors (Lipinski definition) is 1. The summed E-state index contributed by atoms with van der Waals surface area (Å²) in [7, 11) is 0. The van der Waals surface area contributed by atoms with Crippen molar-refractivity contribution < 1.29 is 9.59 Å². The van der Waals surface area contributed by atoms with E-state index in [1.165, 1.54) is 0 Å². The highest BCUT2D eigenvalue weighted by molar-refractivity contribution is 6.53. The van der Waals surface area contributed by atoms with E-state index in [9.17, 15) is 9.59 Å². The van der Waals surface area contributed by atoms with Crippen LogP contribution in [0.2, 0.25) is 0 Å². The summed E-state index contributed by atoms with van der Waals surface area (Å²) in [5.74, 6) is -0.209. The summed E-state index contributed by atoms with van der Waals surface area (Å²) < 4.78 is 0. The summed E-state index contributed by atoms with van der Waals surface area (Å²) in [5, 5.41) is 3.00. The number of hydrogen-bond acceptors (Lipinski definition) is 2. The quantitative estimate of drug-likeness (QED) is 0.792. The normalized spacial score (nSPS) is 18.0. The van der Waals surface area contributed by atoms with Gasteiger partial charge in [-0.25, -0.2) is 0 Å². The fraction of sp³-hybridized carbons (Fsp3) is 0.833. The van der Waals surface area contributed by atoms with E-state index in [1.807, 2.05) is 20.8 Å². The first-order chi connectivity index (χ1) is 8.21. The first-order valence-electron chi connectivity index (χ1n) is 6.09. The van der Waals surface area contributed by atoms with Crippen molar-refractivity contribution in [3.63, 3.8) is 0 Å². The van der Waals surface area contributed by atoms with Gasteiger partial charge in [-0.2, -0.15) is 0 Å². The first kappa shape index (κ1) is 15.6. The van der Waals surface area contributed by atoms with Gasteiger partial charge >= 0.3 is 0 Å². The Morgan fingerprint density at radius 3 is 2.11 bits per heavy atom. The van der Waals surface area contributed by atoms with Crippen molar-refractivity contribution in [2.75, 3.05) is 13.1 Å². The monoisotopic (exact) mass is 294 g/mol. The molecule has 1 aliphatic rings. The molecule has 0 spiro atoms. The minimum absolute atomic E-state index is 0.0415. The van der Waals surface area contributed by atoms with E-state index < -0.39 is 4.84 Å². The highest BCUT2D eigenvalue weighted by Gasteiger charge is 2.29. The van der Waals surface area contributed by atoms with E-state index in [1.54, 1.807) is 4.90 Å². The molecule has 0 saturated carbocycles. The SMILES string of the molecule is CC(C)(C)C(=O)NC1CCN(C(=O)C(Cl)Cl)CC1. The first-order valence-corrected chi connectivity index (χ1v) is 6.97. The molecule has 104 valence electrons. The van der Waals surface area contributed by atoms with Crippen molar-refractivity contribution in [1.82, 2.24) is 10.2 Å². The molecule has 0 atom stereocenters. The van der Waals surface area contributed by atoms with E-state index in [-0.39, 0.29) is 23.3 Å². The molecule has 1 heterocycles. The highest BCUT2D eigenvalue weighted by atomic mass is 35.5. The smallest absolute Gasteiger partial charge is 0.255 e. The number of carbonyl (C=O) groups excluding carboxylic acids is 2. The number of likely N-dealkylation sites (tertiary alicyclic amines) is 1. The number of amides is 2. The van der Waals surface area contributed by atoms with Crippen LogP contribution in [-0.2, 0) is 9.59 Å². The van der Waals surface area contributed by atoms with Gasteiger partial charge in [-0.05, 0) is 12.8 Å². The summed E-state index contributed by atoms with van der Waals surface area (Å²) >= 11 is 11.1. The molecule has 4 nitrogen and oxygen atoms in total. The van der Waals surface area contributed by atoms with E-state index >= 15 is 0 Å². The van der Waals surface area contributed by atoms with Crippen molar-refractivity contribution in [1.29, 1.82) is 0 Å². The molecule has 0 unspecified atom stereocenters. The third-order valence-electron chi connectivity index (χ3n) is 3.01. The van der Waals surface area contributed by atoms with Gasteiger partial charge in [0.25, 0.3) is 5.91 Å². The third kappa shape index (κ3) is 4.32. The minimum atomic E-state index is -0.995. The van der Waals surface area contributed by atoms with Gasteiger partial charge in [-0.1, -0.05) is 44.0 Å². The molecule has 1 fully saturated rings. The Morgan fingerprint density at radius 2 is 1.72 bits per heavy atom. The predicted molar refractivity (Wildman–Crippen MR) is 72.7 cm³/mol. The largest absolute Gasteiger partial charge is 0.353 e. The van der Waals surface area contributed by atoms with Crippen molar-refractivity contribution in [2.45, 2.75) is 44.5 Å². The molecule has 0 aromatic heterocycles. The van der Waals surface area contributed by atoms with Crippen LogP contribution in [0.15, 0.2) is 0 Å². The topological polar surface area (TPSA) is 49.4 Å². The summed E-state index contributed by atoms with van der Waals surface area (Å²) in [6.07, 6.45) is 1.49. The molecular weight excluding hydrogens is 275 g/mol. The van der Waals surface area contributed by atoms with Gasteiger partial charge in [-0.15, -0.1) is 0 Å². The van der Waals surface area contributed by atoms with Crippen LogP contribution < -0.4 is 5.32 Å². The minimum Gasteiger partial charge on any atom is -0.353 e. The van der Waals surface area contributed by atoms with Gasteiger partial charge in [-0.3, -0.25) is 9.59 Å². The zero-order valence-electron chi connectivity index (χ0n) is 11.0. The molecule has 0 aromatic rings. The van der Waals surface area contributed by atoms with Crippen molar-refractivity contribution >= 4 is 35.0 Å². The molecule has 1 rings (SSSR count). The van der Waals surface area contributed by atoms with Crippen LogP contribution in [-0.4, -0.2) is 40.7 Å². The van der Waals surface area contributed by atoms with Gasteiger partial charge in [0.2, 0.25) is 5.91 Å². The zero-order valence-corrected chi connectivity index (χ0v) is 12.5. The van der Waals surface area contributed by atoms with Crippen LogP contribution in [0, 0.1) is 5.41 Å². The number of nitrogens with zero attached hydrogens (tertiary/aromatic N) is 1. The molecule has 1 saturated heterocycles. The Labute approximate surface area is 118 Å². The van der Waals surface area contributed by atoms with E-state index in [4.69, 9.17) is 23.2 Å². The summed E-state index contributed by atoms with van der Waals surface area (Å²) in [5.41, 5.74) is -0.385. The molecular formula is C12H20Cl2N2O2. The van der Waals surface area contributed by atoms with Crippen molar-refractivity contribution in [3.05, 3.63) is 0 Å². The molecule has 1 aliphatic heterocycles. The van der Waals surface area contributed by atoms with E-state index in [0.717, 1.165) is 12.8 Å². The van der Waals surface area contributed by atoms with Crippen LogP contribution >= 0.6 is 23.2 Å². The molecule has 18 heavy (non-hydrogen) atoms. The number of carbonyl (C=O) groups is 2. The van der Waals surface area contributed by atoms with Crippen molar-refractivity contribution in [3.8, 4) is 0 Å². The van der Waals surface area contributed by atoms with E-state index in [2.05, 4.69) is 5.32 Å². The lowest BCUT2D eigenvalue weighted by Gasteiger charge is -2.34. The van der Waals surface area contributed by atoms with Crippen LogP contribution in [0.25, 0.3) is 0 Å². The average molecular weight is 295 g/mol. The van der Waals surface area contributed by atoms with Gasteiger partial charge in [0.15, 0.2) is 4.84 Å². The third-order valence-corrected chi connectivity index (χ3v) is 3.38. The molecule has 0 radical (unpaired) electrons. The van der Waals surface area contributed by atoms with E-state index in [0.29, 0.717) is 13.1 Å². The molecule has 0 aliphatic carbocycles. The summed E-state index contributed by atoms with van der Waals surface area (Å²) in [6.45, 7) is 6.82. The maximum Gasteiger partial charge on any atom is 0.255 e. The zero-order chi connectivity index (χ0) is 13.9. The fourth-order valence-electron chi connectivity index (χ4n) is 1.78. The maximum absolute atomic E-state index is 11.8. The van der Waals surface area contributed by atoms with Gasteiger partial charge in [0.05, 0.1) is 0 Å². The van der Waals surface area contributed by atoms with Crippen molar-refractivity contribution in [2.24, 2.45) is 5.41 Å². The van der Waals surface area contributed by atoms with Crippen LogP contribution in [0.5, 0.6) is 0 Å². The number of nitrogens with one attached hydrogen (secondary N) is 1. The second-order valence-electron chi connectivity index (χ2n) is 5.62. The van der Waals surface area contributed by atoms with Crippen LogP contribution in [0.3, 0.4) is 0 Å². The second kappa shape index (κ2) is 6.11. The molecule has 1 N–H and O–H groups in total. The van der Waals surface area contributed by atoms with Crippen LogP contribution in [0.4, 0.5) is 0 Å².